The van der Waals surface area contributed by atoms with E-state index in [-0.39, 0.29) is 0 Å². The first-order valence-corrected chi connectivity index (χ1v) is 5.95. The third-order valence-corrected chi connectivity index (χ3v) is 2.82. The zero-order valence-corrected chi connectivity index (χ0v) is 11.2. The Morgan fingerprint density at radius 3 is 2.83 bits per heavy atom. The molecule has 0 bridgehead atoms. The van der Waals surface area contributed by atoms with Gasteiger partial charge in [0, 0.05) is 14.1 Å². The van der Waals surface area contributed by atoms with Crippen LogP contribution in [0.1, 0.15) is 6.92 Å². The summed E-state index contributed by atoms with van der Waals surface area (Å²) in [6, 6.07) is 5.34. The number of carbonyl (C=O) groups excluding carboxylic acids is 1. The number of halogens is 1. The van der Waals surface area contributed by atoms with Crippen molar-refractivity contribution in [2.24, 2.45) is 0 Å². The molecule has 1 aromatic carbocycles. The van der Waals surface area contributed by atoms with Gasteiger partial charge in [-0.15, -0.1) is 5.10 Å². The van der Waals surface area contributed by atoms with E-state index in [0.717, 1.165) is 5.39 Å². The molecule has 1 heterocycles. The highest BCUT2D eigenvalue weighted by molar-refractivity contribution is 6.36. The van der Waals surface area contributed by atoms with E-state index in [4.69, 9.17) is 16.3 Å². The van der Waals surface area contributed by atoms with Crippen LogP contribution in [-0.4, -0.2) is 36.6 Å². The van der Waals surface area contributed by atoms with Crippen molar-refractivity contribution >= 4 is 34.4 Å². The van der Waals surface area contributed by atoms with Crippen LogP contribution in [0.2, 0.25) is 5.02 Å². The van der Waals surface area contributed by atoms with Crippen molar-refractivity contribution in [2.75, 3.05) is 25.6 Å². The second-order valence-electron chi connectivity index (χ2n) is 3.96. The maximum absolute atomic E-state index is 11.8. The van der Waals surface area contributed by atoms with Gasteiger partial charge >= 0.3 is 6.09 Å². The third kappa shape index (κ3) is 2.01. The van der Waals surface area contributed by atoms with E-state index in [9.17, 15) is 4.79 Å². The molecule has 0 spiro atoms. The summed E-state index contributed by atoms with van der Waals surface area (Å²) in [6.07, 6.45) is -0.502. The lowest BCUT2D eigenvalue weighted by Gasteiger charge is -2.08. The summed E-state index contributed by atoms with van der Waals surface area (Å²) in [7, 11) is 3.70. The maximum Gasteiger partial charge on any atom is 0.435 e. The minimum atomic E-state index is -0.502. The highest BCUT2D eigenvalue weighted by atomic mass is 35.5. The molecule has 0 atom stereocenters. The fourth-order valence-corrected chi connectivity index (χ4v) is 2.00. The summed E-state index contributed by atoms with van der Waals surface area (Å²) in [6.45, 7) is 2.06. The van der Waals surface area contributed by atoms with Crippen LogP contribution in [0.15, 0.2) is 18.2 Å². The Balaban J connectivity index is 2.69. The van der Waals surface area contributed by atoms with E-state index >= 15 is 0 Å². The first-order chi connectivity index (χ1) is 8.56. The van der Waals surface area contributed by atoms with Gasteiger partial charge in [-0.3, -0.25) is 0 Å². The van der Waals surface area contributed by atoms with Crippen molar-refractivity contribution in [3.8, 4) is 0 Å². The molecule has 0 aliphatic carbocycles. The Morgan fingerprint density at radius 1 is 1.50 bits per heavy atom. The lowest BCUT2D eigenvalue weighted by molar-refractivity contribution is 0.151. The maximum atomic E-state index is 11.8. The quantitative estimate of drug-likeness (QED) is 0.839. The van der Waals surface area contributed by atoms with Crippen LogP contribution in [0.4, 0.5) is 10.6 Å². The van der Waals surface area contributed by atoms with Crippen molar-refractivity contribution in [3.63, 3.8) is 0 Å². The standard InChI is InChI=1S/C12H14ClN3O2/c1-4-18-12(17)16-9-7-5-6-8(13)10(9)11(14-16)15(2)3/h5-7H,4H2,1-3H3. The smallest absolute Gasteiger partial charge is 0.435 e. The Bertz CT molecular complexity index is 592. The number of ether oxygens (including phenoxy) is 1. The fourth-order valence-electron chi connectivity index (χ4n) is 1.75. The van der Waals surface area contributed by atoms with Gasteiger partial charge in [-0.1, -0.05) is 17.7 Å². The molecular formula is C12H14ClN3O2. The average Bonchev–Trinajstić information content (AvgIpc) is 2.70. The van der Waals surface area contributed by atoms with Gasteiger partial charge in [-0.25, -0.2) is 4.79 Å². The van der Waals surface area contributed by atoms with Crippen LogP contribution in [-0.2, 0) is 4.74 Å². The van der Waals surface area contributed by atoms with E-state index in [2.05, 4.69) is 5.10 Å². The van der Waals surface area contributed by atoms with Gasteiger partial charge in [0.2, 0.25) is 0 Å². The third-order valence-electron chi connectivity index (χ3n) is 2.50. The van der Waals surface area contributed by atoms with Crippen molar-refractivity contribution in [1.29, 1.82) is 0 Å². The fraction of sp³-hybridized carbons (Fsp3) is 0.333. The number of anilines is 1. The lowest BCUT2D eigenvalue weighted by atomic mass is 10.2. The Morgan fingerprint density at radius 2 is 2.22 bits per heavy atom. The molecule has 0 unspecified atom stereocenters. The number of nitrogens with zero attached hydrogens (tertiary/aromatic N) is 3. The van der Waals surface area contributed by atoms with Crippen LogP contribution in [0.25, 0.3) is 10.9 Å². The van der Waals surface area contributed by atoms with E-state index in [0.29, 0.717) is 23.0 Å². The number of rotatable bonds is 2. The molecule has 1 aromatic heterocycles. The Hall–Kier alpha value is -1.75. The first-order valence-electron chi connectivity index (χ1n) is 5.58. The summed E-state index contributed by atoms with van der Waals surface area (Å²) >= 11 is 6.17. The molecule has 0 fully saturated rings. The van der Waals surface area contributed by atoms with Crippen LogP contribution in [0, 0.1) is 0 Å². The molecule has 6 heteroatoms. The molecule has 0 N–H and O–H groups in total. The van der Waals surface area contributed by atoms with Crippen molar-refractivity contribution < 1.29 is 9.53 Å². The predicted octanol–water partition coefficient (Wildman–Crippen LogP) is 2.76. The molecule has 96 valence electrons. The highest BCUT2D eigenvalue weighted by Gasteiger charge is 2.19. The molecule has 18 heavy (non-hydrogen) atoms. The topological polar surface area (TPSA) is 47.4 Å². The number of hydrogen-bond acceptors (Lipinski definition) is 4. The Kier molecular flexibility index (Phi) is 3.43. The van der Waals surface area contributed by atoms with E-state index in [1.165, 1.54) is 4.68 Å². The van der Waals surface area contributed by atoms with E-state index in [1.807, 2.05) is 19.0 Å². The van der Waals surface area contributed by atoms with Crippen LogP contribution in [0.5, 0.6) is 0 Å². The van der Waals surface area contributed by atoms with E-state index < -0.39 is 6.09 Å². The zero-order valence-electron chi connectivity index (χ0n) is 10.5. The highest BCUT2D eigenvalue weighted by Crippen LogP contribution is 2.31. The van der Waals surface area contributed by atoms with Gasteiger partial charge < -0.3 is 9.64 Å². The van der Waals surface area contributed by atoms with E-state index in [1.54, 1.807) is 25.1 Å². The van der Waals surface area contributed by atoms with Crippen LogP contribution in [0.3, 0.4) is 0 Å². The molecule has 0 aliphatic rings. The summed E-state index contributed by atoms with van der Waals surface area (Å²) < 4.78 is 6.21. The van der Waals surface area contributed by atoms with Crippen molar-refractivity contribution in [1.82, 2.24) is 9.78 Å². The van der Waals surface area contributed by atoms with Crippen molar-refractivity contribution in [3.05, 3.63) is 23.2 Å². The zero-order chi connectivity index (χ0) is 13.3. The number of carbonyl (C=O) groups is 1. The van der Waals surface area contributed by atoms with Gasteiger partial charge in [-0.2, -0.15) is 4.68 Å². The van der Waals surface area contributed by atoms with Crippen LogP contribution >= 0.6 is 11.6 Å². The van der Waals surface area contributed by atoms with Crippen molar-refractivity contribution in [2.45, 2.75) is 6.92 Å². The molecule has 0 radical (unpaired) electrons. The molecule has 2 rings (SSSR count). The van der Waals surface area contributed by atoms with Gasteiger partial charge in [0.05, 0.1) is 22.5 Å². The average molecular weight is 268 g/mol. The Labute approximate surface area is 110 Å². The van der Waals surface area contributed by atoms with Crippen LogP contribution < -0.4 is 4.90 Å². The molecular weight excluding hydrogens is 254 g/mol. The summed E-state index contributed by atoms with van der Waals surface area (Å²) in [4.78, 5) is 13.6. The molecule has 0 amide bonds. The monoisotopic (exact) mass is 267 g/mol. The molecule has 5 nitrogen and oxygen atoms in total. The lowest BCUT2D eigenvalue weighted by Crippen LogP contribution is -2.16. The molecule has 2 aromatic rings. The normalized spacial score (nSPS) is 10.7. The molecule has 0 aliphatic heterocycles. The molecule has 0 saturated heterocycles. The molecule has 0 saturated carbocycles. The summed E-state index contributed by atoms with van der Waals surface area (Å²) in [5, 5.41) is 5.56. The second kappa shape index (κ2) is 4.86. The SMILES string of the molecule is CCOC(=O)n1nc(N(C)C)c2c(Cl)cccc21. The summed E-state index contributed by atoms with van der Waals surface area (Å²) in [5.41, 5.74) is 0.643. The first kappa shape index (κ1) is 12.7. The number of benzene rings is 1. The van der Waals surface area contributed by atoms with Gasteiger partial charge in [0.25, 0.3) is 0 Å². The second-order valence-corrected chi connectivity index (χ2v) is 4.37. The van der Waals surface area contributed by atoms with Gasteiger partial charge in [-0.05, 0) is 19.1 Å². The number of aromatic nitrogens is 2. The minimum Gasteiger partial charge on any atom is -0.448 e. The predicted molar refractivity (Wildman–Crippen MR) is 71.5 cm³/mol. The minimum absolute atomic E-state index is 0.304. The number of fused-ring (bicyclic) bond motifs is 1. The van der Waals surface area contributed by atoms with Gasteiger partial charge in [0.1, 0.15) is 0 Å². The number of hydrogen-bond donors (Lipinski definition) is 0. The largest absolute Gasteiger partial charge is 0.448 e. The summed E-state index contributed by atoms with van der Waals surface area (Å²) in [5.74, 6) is 0.642. The van der Waals surface area contributed by atoms with Gasteiger partial charge in [0.15, 0.2) is 5.82 Å².